The summed E-state index contributed by atoms with van der Waals surface area (Å²) in [5.41, 5.74) is 8.26. The molecular weight excluding hydrogens is 377 g/mol. The maximum atomic E-state index is 12.7. The molecule has 2 aromatic rings. The van der Waals surface area contributed by atoms with Gasteiger partial charge < -0.3 is 10.6 Å². The monoisotopic (exact) mass is 401 g/mol. The van der Waals surface area contributed by atoms with Crippen molar-refractivity contribution in [1.82, 2.24) is 9.88 Å². The van der Waals surface area contributed by atoms with Crippen molar-refractivity contribution in [2.45, 2.75) is 38.5 Å². The Labute approximate surface area is 165 Å². The molecule has 1 saturated heterocycles. The number of amides is 1. The number of piperidine rings is 1. The standard InChI is InChI=1S/C18H23N3OS.2ClH/c1-12(2)16-11-23-17(20-16)14-6-4-8-21(10-14)18(22)13-5-3-7-15(19)9-13;;/h3,5,7,9,11-12,14H,4,6,8,10,19H2,1-2H3;2*1H. The van der Waals surface area contributed by atoms with E-state index in [1.807, 2.05) is 17.0 Å². The molecule has 4 nitrogen and oxygen atoms in total. The first-order valence-electron chi connectivity index (χ1n) is 8.14. The summed E-state index contributed by atoms with van der Waals surface area (Å²) < 4.78 is 0. The lowest BCUT2D eigenvalue weighted by atomic mass is 9.98. The molecule has 1 fully saturated rings. The number of nitrogens with two attached hydrogens (primary N) is 1. The van der Waals surface area contributed by atoms with Crippen molar-refractivity contribution in [3.05, 3.63) is 45.9 Å². The second-order valence-electron chi connectivity index (χ2n) is 6.48. The molecule has 0 saturated carbocycles. The fourth-order valence-corrected chi connectivity index (χ4v) is 4.08. The number of nitrogens with zero attached hydrogens (tertiary/aromatic N) is 2. The van der Waals surface area contributed by atoms with Crippen LogP contribution < -0.4 is 5.73 Å². The summed E-state index contributed by atoms with van der Waals surface area (Å²) in [5.74, 6) is 0.877. The number of hydrogen-bond donors (Lipinski definition) is 1. The molecule has 1 aliphatic heterocycles. The fourth-order valence-electron chi connectivity index (χ4n) is 2.97. The van der Waals surface area contributed by atoms with E-state index in [1.165, 1.54) is 5.01 Å². The van der Waals surface area contributed by atoms with Gasteiger partial charge in [-0.25, -0.2) is 4.98 Å². The average molecular weight is 402 g/mol. The van der Waals surface area contributed by atoms with Crippen molar-refractivity contribution >= 4 is 47.7 Å². The first-order valence-corrected chi connectivity index (χ1v) is 9.02. The molecule has 1 unspecified atom stereocenters. The van der Waals surface area contributed by atoms with Crippen LogP contribution in [0.15, 0.2) is 29.6 Å². The third kappa shape index (κ3) is 5.09. The van der Waals surface area contributed by atoms with Gasteiger partial charge in [0, 0.05) is 35.6 Å². The molecule has 0 radical (unpaired) electrons. The number of thiazole rings is 1. The molecule has 0 spiro atoms. The normalized spacial score (nSPS) is 16.9. The Bertz CT molecular complexity index is 705. The Morgan fingerprint density at radius 3 is 2.76 bits per heavy atom. The summed E-state index contributed by atoms with van der Waals surface area (Å²) in [7, 11) is 0. The topological polar surface area (TPSA) is 59.2 Å². The molecule has 7 heteroatoms. The Morgan fingerprint density at radius 2 is 2.12 bits per heavy atom. The van der Waals surface area contributed by atoms with Crippen LogP contribution in [-0.2, 0) is 0 Å². The highest BCUT2D eigenvalue weighted by Gasteiger charge is 2.27. The van der Waals surface area contributed by atoms with Crippen molar-refractivity contribution in [1.29, 1.82) is 0 Å². The smallest absolute Gasteiger partial charge is 0.253 e. The molecular formula is C18H25Cl2N3OS. The number of anilines is 1. The van der Waals surface area contributed by atoms with E-state index < -0.39 is 0 Å². The zero-order valence-electron chi connectivity index (χ0n) is 14.5. The van der Waals surface area contributed by atoms with E-state index in [1.54, 1.807) is 23.5 Å². The van der Waals surface area contributed by atoms with E-state index in [0.29, 0.717) is 23.1 Å². The van der Waals surface area contributed by atoms with E-state index >= 15 is 0 Å². The number of likely N-dealkylation sites (tertiary alicyclic amines) is 1. The Hall–Kier alpha value is -1.30. The predicted octanol–water partition coefficient (Wildman–Crippen LogP) is 4.71. The second kappa shape index (κ2) is 9.41. The summed E-state index contributed by atoms with van der Waals surface area (Å²) in [4.78, 5) is 19.4. The zero-order chi connectivity index (χ0) is 16.4. The van der Waals surface area contributed by atoms with Crippen LogP contribution in [0.1, 0.15) is 59.6 Å². The van der Waals surface area contributed by atoms with E-state index in [4.69, 9.17) is 10.7 Å². The van der Waals surface area contributed by atoms with Crippen LogP contribution in [0.3, 0.4) is 0 Å². The number of hydrogen-bond acceptors (Lipinski definition) is 4. The number of benzene rings is 1. The van der Waals surface area contributed by atoms with Gasteiger partial charge in [-0.2, -0.15) is 0 Å². The predicted molar refractivity (Wildman–Crippen MR) is 109 cm³/mol. The van der Waals surface area contributed by atoms with E-state index in [9.17, 15) is 4.79 Å². The van der Waals surface area contributed by atoms with Crippen LogP contribution in [0, 0.1) is 0 Å². The summed E-state index contributed by atoms with van der Waals surface area (Å²) in [6, 6.07) is 7.23. The summed E-state index contributed by atoms with van der Waals surface area (Å²) >= 11 is 1.73. The van der Waals surface area contributed by atoms with Crippen molar-refractivity contribution in [2.75, 3.05) is 18.8 Å². The van der Waals surface area contributed by atoms with Gasteiger partial charge in [0.1, 0.15) is 0 Å². The molecule has 0 bridgehead atoms. The third-order valence-electron chi connectivity index (χ3n) is 4.32. The lowest BCUT2D eigenvalue weighted by molar-refractivity contribution is 0.0707. The van der Waals surface area contributed by atoms with Crippen LogP contribution in [-0.4, -0.2) is 28.9 Å². The highest BCUT2D eigenvalue weighted by Crippen LogP contribution is 2.31. The van der Waals surface area contributed by atoms with Gasteiger partial charge in [0.25, 0.3) is 5.91 Å². The lowest BCUT2D eigenvalue weighted by Crippen LogP contribution is -2.39. The minimum atomic E-state index is 0. The molecule has 1 amide bonds. The van der Waals surface area contributed by atoms with Crippen molar-refractivity contribution < 1.29 is 4.79 Å². The third-order valence-corrected chi connectivity index (χ3v) is 5.35. The molecule has 1 aliphatic rings. The van der Waals surface area contributed by atoms with Crippen LogP contribution in [0.25, 0.3) is 0 Å². The van der Waals surface area contributed by atoms with Gasteiger partial charge in [0.15, 0.2) is 0 Å². The van der Waals surface area contributed by atoms with Gasteiger partial charge in [-0.3, -0.25) is 4.79 Å². The van der Waals surface area contributed by atoms with Gasteiger partial charge in [-0.15, -0.1) is 36.2 Å². The molecule has 1 atom stereocenters. The minimum Gasteiger partial charge on any atom is -0.399 e. The second-order valence-corrected chi connectivity index (χ2v) is 7.37. The highest BCUT2D eigenvalue weighted by atomic mass is 35.5. The first-order chi connectivity index (χ1) is 11.0. The Kier molecular flexibility index (Phi) is 8.19. The number of carbonyl (C=O) groups excluding carboxylic acids is 1. The maximum absolute atomic E-state index is 12.7. The minimum absolute atomic E-state index is 0. The summed E-state index contributed by atoms with van der Waals surface area (Å²) in [6.07, 6.45) is 2.13. The molecule has 1 aromatic carbocycles. The number of halogens is 2. The summed E-state index contributed by atoms with van der Waals surface area (Å²) in [6.45, 7) is 5.88. The van der Waals surface area contributed by atoms with Gasteiger partial charge in [-0.05, 0) is 37.0 Å². The number of nitrogen functional groups attached to an aromatic ring is 1. The van der Waals surface area contributed by atoms with Gasteiger partial charge >= 0.3 is 0 Å². The Balaban J connectivity index is 0.00000156. The van der Waals surface area contributed by atoms with Gasteiger partial charge in [-0.1, -0.05) is 19.9 Å². The van der Waals surface area contributed by atoms with Crippen LogP contribution in [0.2, 0.25) is 0 Å². The van der Waals surface area contributed by atoms with E-state index in [2.05, 4.69) is 19.2 Å². The highest BCUT2D eigenvalue weighted by molar-refractivity contribution is 7.09. The lowest BCUT2D eigenvalue weighted by Gasteiger charge is -2.32. The van der Waals surface area contributed by atoms with Crippen molar-refractivity contribution in [2.24, 2.45) is 0 Å². The average Bonchev–Trinajstić information content (AvgIpc) is 3.04. The maximum Gasteiger partial charge on any atom is 0.253 e. The molecule has 3 rings (SSSR count). The number of aromatic nitrogens is 1. The quantitative estimate of drug-likeness (QED) is 0.757. The van der Waals surface area contributed by atoms with Crippen LogP contribution in [0.4, 0.5) is 5.69 Å². The van der Waals surface area contributed by atoms with Crippen molar-refractivity contribution in [3.63, 3.8) is 0 Å². The molecule has 2 N–H and O–H groups in total. The molecule has 25 heavy (non-hydrogen) atoms. The molecule has 1 aromatic heterocycles. The Morgan fingerprint density at radius 1 is 1.36 bits per heavy atom. The largest absolute Gasteiger partial charge is 0.399 e. The molecule has 0 aliphatic carbocycles. The van der Waals surface area contributed by atoms with E-state index in [-0.39, 0.29) is 30.7 Å². The number of rotatable bonds is 3. The van der Waals surface area contributed by atoms with Crippen LogP contribution in [0.5, 0.6) is 0 Å². The fraction of sp³-hybridized carbons (Fsp3) is 0.444. The molecule has 2 heterocycles. The zero-order valence-corrected chi connectivity index (χ0v) is 16.9. The molecule has 138 valence electrons. The van der Waals surface area contributed by atoms with Gasteiger partial charge in [0.05, 0.1) is 10.7 Å². The van der Waals surface area contributed by atoms with Crippen LogP contribution >= 0.6 is 36.2 Å². The summed E-state index contributed by atoms with van der Waals surface area (Å²) in [5, 5.41) is 3.32. The number of carbonyl (C=O) groups is 1. The SMILES string of the molecule is CC(C)c1csc(C2CCCN(C(=O)c3cccc(N)c3)C2)n1.Cl.Cl. The van der Waals surface area contributed by atoms with Crippen molar-refractivity contribution in [3.8, 4) is 0 Å². The first kappa shape index (κ1) is 21.7. The van der Waals surface area contributed by atoms with E-state index in [0.717, 1.165) is 31.6 Å². The van der Waals surface area contributed by atoms with Gasteiger partial charge in [0.2, 0.25) is 0 Å².